The minimum Gasteiger partial charge on any atom is -0.417 e. The first-order chi connectivity index (χ1) is 24.1. The zero-order valence-electron chi connectivity index (χ0n) is 38.1. The summed E-state index contributed by atoms with van der Waals surface area (Å²) in [5.41, 5.74) is 0.270. The van der Waals surface area contributed by atoms with Crippen LogP contribution in [0.4, 0.5) is 0 Å². The third-order valence-electron chi connectivity index (χ3n) is 10.2. The summed E-state index contributed by atoms with van der Waals surface area (Å²) in [7, 11) is -30.2. The Balaban J connectivity index is 2.01. The van der Waals surface area contributed by atoms with Crippen molar-refractivity contribution in [3.05, 3.63) is 0 Å². The quantitative estimate of drug-likeness (QED) is 0.197. The van der Waals surface area contributed by atoms with Gasteiger partial charge in [-0.2, -0.15) is 0 Å². The van der Waals surface area contributed by atoms with E-state index in [1.807, 2.05) is 0 Å². The van der Waals surface area contributed by atoms with Gasteiger partial charge in [-0.3, -0.25) is 0 Å². The normalized spacial score (nSPS) is 35.6. The fraction of sp³-hybridized carbons (Fsp3) is 1.00. The summed E-state index contributed by atoms with van der Waals surface area (Å²) < 4.78 is 76.3. The Morgan fingerprint density at radius 1 is 0.463 bits per heavy atom. The van der Waals surface area contributed by atoms with Gasteiger partial charge in [0.15, 0.2) is 25.0 Å². The third kappa shape index (κ3) is 13.8. The van der Waals surface area contributed by atoms with Crippen LogP contribution in [-0.4, -0.2) is 93.7 Å². The van der Waals surface area contributed by atoms with E-state index in [9.17, 15) is 0 Å². The predicted molar refractivity (Wildman–Crippen MR) is 248 cm³/mol. The summed E-state index contributed by atoms with van der Waals surface area (Å²) in [4.78, 5) is 0. The summed E-state index contributed by atoms with van der Waals surface area (Å²) in [5, 5.41) is 0. The molecule has 4 aliphatic rings. The second-order valence-electron chi connectivity index (χ2n) is 22.5. The summed E-state index contributed by atoms with van der Waals surface area (Å²) in [6.07, 6.45) is 9.40. The highest BCUT2D eigenvalue weighted by molar-refractivity contribution is 6.97. The second-order valence-corrected chi connectivity index (χ2v) is 66.2. The zero-order chi connectivity index (χ0) is 41.1. The molecule has 2 aliphatic heterocycles. The van der Waals surface area contributed by atoms with E-state index in [2.05, 4.69) is 124 Å². The van der Waals surface area contributed by atoms with E-state index < -0.39 is 93.7 Å². The number of rotatable bonds is 10. The lowest BCUT2D eigenvalue weighted by Gasteiger charge is -2.57. The maximum Gasteiger partial charge on any atom is 0.479 e. The molecule has 0 N–H and O–H groups in total. The fourth-order valence-corrected chi connectivity index (χ4v) is 62.6. The average molecular weight is 948 g/mol. The van der Waals surface area contributed by atoms with Crippen LogP contribution in [0.3, 0.4) is 0 Å². The molecule has 2 heterocycles. The molecule has 0 amide bonds. The Labute approximate surface area is 343 Å². The van der Waals surface area contributed by atoms with E-state index in [0.29, 0.717) is 0 Å². The molecule has 4 fully saturated rings. The van der Waals surface area contributed by atoms with Gasteiger partial charge < -0.3 is 41.2 Å². The Kier molecular flexibility index (Phi) is 15.0. The van der Waals surface area contributed by atoms with E-state index in [1.54, 1.807) is 0 Å². The van der Waals surface area contributed by atoms with Crippen LogP contribution in [0.5, 0.6) is 0 Å². The van der Waals surface area contributed by atoms with Crippen molar-refractivity contribution < 1.29 is 41.2 Å². The van der Waals surface area contributed by atoms with Crippen LogP contribution >= 0.6 is 0 Å². The molecule has 54 heavy (non-hydrogen) atoms. The van der Waals surface area contributed by atoms with Gasteiger partial charge in [0.25, 0.3) is 0 Å². The lowest BCUT2D eigenvalue weighted by Crippen LogP contribution is -2.76. The zero-order valence-corrected chi connectivity index (χ0v) is 49.1. The van der Waals surface area contributed by atoms with E-state index >= 15 is 0 Å². The molecular weight excluding hydrogens is 865 g/mol. The maximum atomic E-state index is 8.18. The summed E-state index contributed by atoms with van der Waals surface area (Å²) >= 11 is 0. The highest BCUT2D eigenvalue weighted by atomic mass is 28.6. The smallest absolute Gasteiger partial charge is 0.417 e. The molecule has 2 aliphatic carbocycles. The van der Waals surface area contributed by atoms with Crippen LogP contribution in [0.25, 0.3) is 0 Å². The SMILES string of the molecule is C[Si](C)(C)CC[Si]1(C)O[Si](C)(C)O[Si]2(O[Si](C)(C)O[Si](C)(C)O[Si](O[Si](C)(C)C)(O[Si](C)(C)C)C3CCCC2C3)O[Si](O[Si](C)(C)C)(C2CCCCC2)O1. The molecule has 1 spiro atoms. The van der Waals surface area contributed by atoms with Gasteiger partial charge in [0, 0.05) is 24.7 Å². The summed E-state index contributed by atoms with van der Waals surface area (Å²) in [6, 6.07) is 2.07. The largest absolute Gasteiger partial charge is 0.479 e. The Morgan fingerprint density at radius 2 is 0.926 bits per heavy atom. The van der Waals surface area contributed by atoms with Gasteiger partial charge in [-0.25, -0.2) is 0 Å². The summed E-state index contributed by atoms with van der Waals surface area (Å²) in [6.45, 7) is 43.3. The number of hydrogen-bond acceptors (Lipinski definition) is 10. The van der Waals surface area contributed by atoms with Crippen LogP contribution in [-0.2, 0) is 41.2 Å². The molecule has 2 saturated heterocycles. The Morgan fingerprint density at radius 3 is 1.43 bits per heavy atom. The minimum absolute atomic E-state index is 0.00636. The van der Waals surface area contributed by atoms with Gasteiger partial charge in [0.2, 0.25) is 0 Å². The van der Waals surface area contributed by atoms with Crippen molar-refractivity contribution in [2.75, 3.05) is 0 Å². The van der Waals surface area contributed by atoms with E-state index in [4.69, 9.17) is 41.2 Å². The van der Waals surface area contributed by atoms with Crippen molar-refractivity contribution in [3.63, 3.8) is 0 Å². The molecule has 5 atom stereocenters. The van der Waals surface area contributed by atoms with Gasteiger partial charge >= 0.3 is 60.7 Å². The van der Waals surface area contributed by atoms with Crippen molar-refractivity contribution >= 4 is 93.7 Å². The molecule has 2 bridgehead atoms. The van der Waals surface area contributed by atoms with Gasteiger partial charge in [-0.05, 0) is 143 Å². The molecule has 0 radical (unpaired) electrons. The van der Waals surface area contributed by atoms with Crippen LogP contribution in [0, 0.1) is 0 Å². The first-order valence-corrected chi connectivity index (χ1v) is 51.4. The van der Waals surface area contributed by atoms with Gasteiger partial charge in [0.1, 0.15) is 0 Å². The van der Waals surface area contributed by atoms with Crippen LogP contribution in [0.1, 0.15) is 57.8 Å². The predicted octanol–water partition coefficient (Wildman–Crippen LogP) is 11.7. The third-order valence-corrected chi connectivity index (χ3v) is 51.1. The molecule has 0 aromatic carbocycles. The van der Waals surface area contributed by atoms with Crippen molar-refractivity contribution in [2.45, 2.75) is 211 Å². The lowest BCUT2D eigenvalue weighted by molar-refractivity contribution is 0.0963. The summed E-state index contributed by atoms with van der Waals surface area (Å²) in [5.74, 6) is 0. The average Bonchev–Trinajstić information content (AvgIpc) is 2.90. The monoisotopic (exact) mass is 946 g/mol. The van der Waals surface area contributed by atoms with Crippen LogP contribution in [0.15, 0.2) is 0 Å². The van der Waals surface area contributed by atoms with Crippen LogP contribution in [0.2, 0.25) is 153 Å². The van der Waals surface area contributed by atoms with Crippen molar-refractivity contribution in [1.82, 2.24) is 0 Å². The molecule has 318 valence electrons. The maximum absolute atomic E-state index is 8.18. The van der Waals surface area contributed by atoms with Gasteiger partial charge in [0.05, 0.1) is 0 Å². The fourth-order valence-electron chi connectivity index (χ4n) is 8.93. The molecular formula is C33H82O10Si11. The minimum atomic E-state index is -3.73. The van der Waals surface area contributed by atoms with Gasteiger partial charge in [-0.1, -0.05) is 51.4 Å². The molecule has 10 nitrogen and oxygen atoms in total. The van der Waals surface area contributed by atoms with Crippen molar-refractivity contribution in [3.8, 4) is 0 Å². The highest BCUT2D eigenvalue weighted by Gasteiger charge is 2.71. The van der Waals surface area contributed by atoms with Crippen molar-refractivity contribution in [2.24, 2.45) is 0 Å². The molecule has 4 rings (SSSR count). The first-order valence-electron chi connectivity index (χ1n) is 21.1. The Hall–Kier alpha value is 1.99. The van der Waals surface area contributed by atoms with Gasteiger partial charge in [-0.15, -0.1) is 0 Å². The topological polar surface area (TPSA) is 92.3 Å². The van der Waals surface area contributed by atoms with E-state index in [0.717, 1.165) is 63.5 Å². The molecule has 0 aromatic heterocycles. The molecule has 21 heteroatoms. The second kappa shape index (κ2) is 16.7. The number of fused-ring (bicyclic) bond motifs is 3. The molecule has 5 unspecified atom stereocenters. The Bertz CT molecular complexity index is 1260. The lowest BCUT2D eigenvalue weighted by atomic mass is 9.99. The standard InChI is InChI=1S/C33H82O10Si11/c1-44(2,3)28-29-51(19)38-50(17,18)41-54(43-52(42-51,34-45(4,5)6)31-24-21-20-22-25-31)33-27-23-26-32(30-33)53(35-46(7,8)9,36-47(10,11)12)39-48(13,14)37-49(15,16)40-54/h31-33H,20-30H2,1-19H3. The van der Waals surface area contributed by atoms with Crippen LogP contribution < -0.4 is 0 Å². The molecule has 2 saturated carbocycles. The van der Waals surface area contributed by atoms with E-state index in [-0.39, 0.29) is 16.6 Å². The van der Waals surface area contributed by atoms with E-state index in [1.165, 1.54) is 6.42 Å². The highest BCUT2D eigenvalue weighted by Crippen LogP contribution is 2.55. The first kappa shape index (κ1) is 48.7. The molecule has 0 aromatic rings. The number of hydrogen-bond donors (Lipinski definition) is 0. The van der Waals surface area contributed by atoms with Crippen molar-refractivity contribution in [1.29, 1.82) is 0 Å².